The molecule has 0 rings (SSSR count). The molecular formula is C67H130O17P2. The van der Waals surface area contributed by atoms with Crippen LogP contribution in [0.2, 0.25) is 0 Å². The van der Waals surface area contributed by atoms with Crippen LogP contribution in [-0.4, -0.2) is 96.7 Å². The van der Waals surface area contributed by atoms with Crippen molar-refractivity contribution in [2.45, 2.75) is 349 Å². The summed E-state index contributed by atoms with van der Waals surface area (Å²) in [5, 5.41) is 10.5. The van der Waals surface area contributed by atoms with Gasteiger partial charge in [0.15, 0.2) is 12.2 Å². The van der Waals surface area contributed by atoms with Gasteiger partial charge in [-0.1, -0.05) is 280 Å². The molecule has 0 aliphatic carbocycles. The summed E-state index contributed by atoms with van der Waals surface area (Å²) in [6.07, 6.45) is 40.8. The lowest BCUT2D eigenvalue weighted by molar-refractivity contribution is -0.161. The second-order valence-corrected chi connectivity index (χ2v) is 28.1. The van der Waals surface area contributed by atoms with Crippen LogP contribution in [0.4, 0.5) is 0 Å². The van der Waals surface area contributed by atoms with E-state index in [4.69, 9.17) is 37.0 Å². The van der Waals surface area contributed by atoms with Gasteiger partial charge < -0.3 is 33.8 Å². The minimum Gasteiger partial charge on any atom is -0.462 e. The van der Waals surface area contributed by atoms with Gasteiger partial charge in [-0.15, -0.1) is 0 Å². The van der Waals surface area contributed by atoms with Gasteiger partial charge in [0.1, 0.15) is 19.3 Å². The Morgan fingerprint density at radius 2 is 0.593 bits per heavy atom. The molecule has 0 aliphatic rings. The van der Waals surface area contributed by atoms with Crippen LogP contribution in [0.15, 0.2) is 0 Å². The molecule has 0 amide bonds. The summed E-state index contributed by atoms with van der Waals surface area (Å²) >= 11 is 0. The third-order valence-corrected chi connectivity index (χ3v) is 18.0. The normalized spacial score (nSPS) is 14.9. The number of aliphatic hydroxyl groups is 1. The van der Waals surface area contributed by atoms with Crippen LogP contribution in [0.1, 0.15) is 331 Å². The fourth-order valence-corrected chi connectivity index (χ4v) is 11.5. The number of unbranched alkanes of at least 4 members (excludes halogenated alkanes) is 31. The van der Waals surface area contributed by atoms with E-state index in [0.29, 0.717) is 31.6 Å². The van der Waals surface area contributed by atoms with Crippen LogP contribution >= 0.6 is 15.6 Å². The molecule has 7 atom stereocenters. The second-order valence-electron chi connectivity index (χ2n) is 25.2. The monoisotopic (exact) mass is 1270 g/mol. The van der Waals surface area contributed by atoms with E-state index in [1.807, 2.05) is 0 Å². The molecule has 19 heteroatoms. The summed E-state index contributed by atoms with van der Waals surface area (Å²) in [6, 6.07) is 0. The van der Waals surface area contributed by atoms with Crippen molar-refractivity contribution in [1.29, 1.82) is 0 Å². The van der Waals surface area contributed by atoms with Crippen molar-refractivity contribution in [2.24, 2.45) is 17.8 Å². The zero-order valence-corrected chi connectivity index (χ0v) is 57.6. The molecule has 0 aromatic carbocycles. The zero-order valence-electron chi connectivity index (χ0n) is 55.8. The summed E-state index contributed by atoms with van der Waals surface area (Å²) < 4.78 is 67.9. The number of rotatable bonds is 65. The Hall–Kier alpha value is -1.94. The average Bonchev–Trinajstić information content (AvgIpc) is 3.66. The van der Waals surface area contributed by atoms with E-state index in [1.165, 1.54) is 135 Å². The third-order valence-electron chi connectivity index (χ3n) is 16.1. The number of ether oxygens (including phenoxy) is 4. The molecular weight excluding hydrogens is 1140 g/mol. The highest BCUT2D eigenvalue weighted by molar-refractivity contribution is 7.47. The van der Waals surface area contributed by atoms with Gasteiger partial charge in [-0.25, -0.2) is 9.13 Å². The SMILES string of the molecule is CCCCCCCC(=O)OC[C@H](COP(=O)(O)OC[C@H](O)COP(=O)(O)OC[C@@H](COC(=O)CCCCCCCCCCCCC(C)CC)OC(=O)CCCCCCCCCCCCCCCCC(C)CC)OC(=O)CCCCCCCCC(C)C. The first-order valence-corrected chi connectivity index (χ1v) is 37.9. The van der Waals surface area contributed by atoms with Gasteiger partial charge in [0.2, 0.25) is 0 Å². The molecule has 0 aromatic heterocycles. The van der Waals surface area contributed by atoms with Crippen molar-refractivity contribution in [3.8, 4) is 0 Å². The number of carbonyl (C=O) groups is 4. The zero-order chi connectivity index (χ0) is 63.8. The largest absolute Gasteiger partial charge is 0.472 e. The number of aliphatic hydroxyl groups excluding tert-OH is 1. The lowest BCUT2D eigenvalue weighted by Gasteiger charge is -2.21. The third kappa shape index (κ3) is 58.4. The molecule has 0 aliphatic heterocycles. The van der Waals surface area contributed by atoms with E-state index >= 15 is 0 Å². The highest BCUT2D eigenvalue weighted by Gasteiger charge is 2.30. The molecule has 17 nitrogen and oxygen atoms in total. The molecule has 86 heavy (non-hydrogen) atoms. The highest BCUT2D eigenvalue weighted by atomic mass is 31.2. The van der Waals surface area contributed by atoms with Crippen LogP contribution < -0.4 is 0 Å². The molecule has 0 aromatic rings. The summed E-state index contributed by atoms with van der Waals surface area (Å²) in [4.78, 5) is 72.1. The van der Waals surface area contributed by atoms with Crippen LogP contribution in [0, 0.1) is 17.8 Å². The van der Waals surface area contributed by atoms with Crippen molar-refractivity contribution >= 4 is 39.5 Å². The fraction of sp³-hybridized carbons (Fsp3) is 0.940. The topological polar surface area (TPSA) is 237 Å². The maximum atomic E-state index is 13.0. The van der Waals surface area contributed by atoms with Crippen molar-refractivity contribution in [3.05, 3.63) is 0 Å². The summed E-state index contributed by atoms with van der Waals surface area (Å²) in [5.41, 5.74) is 0. The Morgan fingerprint density at radius 1 is 0.337 bits per heavy atom. The number of hydrogen-bond donors (Lipinski definition) is 3. The van der Waals surface area contributed by atoms with Gasteiger partial charge >= 0.3 is 39.5 Å². The first-order chi connectivity index (χ1) is 41.3. The second kappa shape index (κ2) is 58.2. The molecule has 0 radical (unpaired) electrons. The van der Waals surface area contributed by atoms with Gasteiger partial charge in [0.25, 0.3) is 0 Å². The van der Waals surface area contributed by atoms with E-state index in [-0.39, 0.29) is 25.7 Å². The number of carbonyl (C=O) groups excluding carboxylic acids is 4. The van der Waals surface area contributed by atoms with Crippen LogP contribution in [0.3, 0.4) is 0 Å². The van der Waals surface area contributed by atoms with E-state index < -0.39 is 97.5 Å². The Kier molecular flexibility index (Phi) is 56.9. The number of phosphoric acid groups is 2. The smallest absolute Gasteiger partial charge is 0.462 e. The fourth-order valence-electron chi connectivity index (χ4n) is 9.95. The molecule has 4 unspecified atom stereocenters. The Balaban J connectivity index is 5.16. The average molecular weight is 1270 g/mol. The van der Waals surface area contributed by atoms with Crippen LogP contribution in [-0.2, 0) is 65.4 Å². The minimum atomic E-state index is -4.95. The summed E-state index contributed by atoms with van der Waals surface area (Å²) in [5.74, 6) is 0.180. The molecule has 0 heterocycles. The van der Waals surface area contributed by atoms with E-state index in [0.717, 1.165) is 108 Å². The maximum absolute atomic E-state index is 13.0. The summed E-state index contributed by atoms with van der Waals surface area (Å²) in [6.45, 7) is 11.7. The molecule has 0 bridgehead atoms. The Morgan fingerprint density at radius 3 is 0.884 bits per heavy atom. The van der Waals surface area contributed by atoms with E-state index in [1.54, 1.807) is 0 Å². The number of hydrogen-bond acceptors (Lipinski definition) is 15. The molecule has 0 spiro atoms. The van der Waals surface area contributed by atoms with Gasteiger partial charge in [-0.3, -0.25) is 37.3 Å². The lowest BCUT2D eigenvalue weighted by atomic mass is 9.99. The molecule has 0 saturated heterocycles. The van der Waals surface area contributed by atoms with Crippen molar-refractivity contribution < 1.29 is 80.2 Å². The predicted molar refractivity (Wildman–Crippen MR) is 344 cm³/mol. The molecule has 3 N–H and O–H groups in total. The molecule has 510 valence electrons. The van der Waals surface area contributed by atoms with Crippen molar-refractivity contribution in [3.63, 3.8) is 0 Å². The lowest BCUT2D eigenvalue weighted by Crippen LogP contribution is -2.30. The maximum Gasteiger partial charge on any atom is 0.472 e. The van der Waals surface area contributed by atoms with Gasteiger partial charge in [0.05, 0.1) is 26.4 Å². The van der Waals surface area contributed by atoms with Gasteiger partial charge in [0, 0.05) is 25.7 Å². The van der Waals surface area contributed by atoms with E-state index in [2.05, 4.69) is 48.5 Å². The minimum absolute atomic E-state index is 0.101. The first kappa shape index (κ1) is 84.1. The number of esters is 4. The van der Waals surface area contributed by atoms with Gasteiger partial charge in [-0.2, -0.15) is 0 Å². The van der Waals surface area contributed by atoms with Crippen LogP contribution in [0.25, 0.3) is 0 Å². The highest BCUT2D eigenvalue weighted by Crippen LogP contribution is 2.45. The predicted octanol–water partition coefficient (Wildman–Crippen LogP) is 18.7. The van der Waals surface area contributed by atoms with Crippen molar-refractivity contribution in [1.82, 2.24) is 0 Å². The van der Waals surface area contributed by atoms with E-state index in [9.17, 15) is 43.2 Å². The van der Waals surface area contributed by atoms with Gasteiger partial charge in [-0.05, 0) is 43.4 Å². The molecule has 0 fully saturated rings. The standard InChI is InChI=1S/C67H130O17P2/c1-8-11-12-31-41-48-64(69)77-54-62(84-67(72)51-44-37-30-29-32-38-45-58(4)5)56-81-85(73,74)79-52-61(68)53-80-86(75,76)82-57-63(55-78-65(70)49-42-35-27-23-20-19-22-26-34-40-47-60(7)10-3)83-66(71)50-43-36-28-24-18-16-14-13-15-17-21-25-33-39-46-59(6)9-2/h58-63,68H,8-57H2,1-7H3,(H,73,74)(H,75,76)/t59?,60?,61-,62+,63+/m0/s1. The van der Waals surface area contributed by atoms with Crippen molar-refractivity contribution in [2.75, 3.05) is 39.6 Å². The molecule has 0 saturated carbocycles. The Bertz CT molecular complexity index is 1700. The number of phosphoric ester groups is 2. The Labute approximate surface area is 524 Å². The first-order valence-electron chi connectivity index (χ1n) is 34.9. The quantitative estimate of drug-likeness (QED) is 0.0222. The summed E-state index contributed by atoms with van der Waals surface area (Å²) in [7, 11) is -9.88. The van der Waals surface area contributed by atoms with Crippen LogP contribution in [0.5, 0.6) is 0 Å².